The van der Waals surface area contributed by atoms with Crippen molar-refractivity contribution < 1.29 is 0 Å². The standard InChI is InChI=1S/C14H23N3/c1-3-8-13(4-2)17-14(15)16-11-12-9-6-5-7-10-12/h5-7,9-10,13H,3-4,8,11H2,1-2H3,(H3,15,16,17). The first-order valence-corrected chi connectivity index (χ1v) is 6.36. The van der Waals surface area contributed by atoms with Crippen molar-refractivity contribution in [2.45, 2.75) is 45.7 Å². The molecule has 1 unspecified atom stereocenters. The lowest BCUT2D eigenvalue weighted by Crippen LogP contribution is -2.39. The monoisotopic (exact) mass is 233 g/mol. The quantitative estimate of drug-likeness (QED) is 0.586. The van der Waals surface area contributed by atoms with Crippen LogP contribution < -0.4 is 11.1 Å². The highest BCUT2D eigenvalue weighted by atomic mass is 15.1. The fourth-order valence-electron chi connectivity index (χ4n) is 1.74. The largest absolute Gasteiger partial charge is 0.370 e. The first-order chi connectivity index (χ1) is 8.26. The fraction of sp³-hybridized carbons (Fsp3) is 0.500. The van der Waals surface area contributed by atoms with Crippen molar-refractivity contribution in [2.75, 3.05) is 0 Å². The van der Waals surface area contributed by atoms with E-state index in [9.17, 15) is 0 Å². The minimum atomic E-state index is 0.444. The molecule has 1 aromatic rings. The van der Waals surface area contributed by atoms with Crippen LogP contribution in [-0.2, 0) is 6.54 Å². The van der Waals surface area contributed by atoms with Crippen molar-refractivity contribution in [1.82, 2.24) is 5.32 Å². The second-order valence-corrected chi connectivity index (χ2v) is 4.23. The lowest BCUT2D eigenvalue weighted by Gasteiger charge is -2.16. The van der Waals surface area contributed by atoms with Crippen LogP contribution in [0, 0.1) is 0 Å². The normalized spacial score (nSPS) is 13.4. The Morgan fingerprint density at radius 3 is 2.59 bits per heavy atom. The molecule has 0 fully saturated rings. The maximum absolute atomic E-state index is 5.87. The molecule has 0 aliphatic carbocycles. The summed E-state index contributed by atoms with van der Waals surface area (Å²) in [5.74, 6) is 0.550. The molecule has 0 spiro atoms. The number of nitrogens with one attached hydrogen (secondary N) is 1. The van der Waals surface area contributed by atoms with E-state index < -0.39 is 0 Å². The zero-order chi connectivity index (χ0) is 12.5. The van der Waals surface area contributed by atoms with Crippen LogP contribution in [0.25, 0.3) is 0 Å². The number of aliphatic imine (C=N–C) groups is 1. The SMILES string of the molecule is CCCC(CC)NC(N)=NCc1ccccc1. The lowest BCUT2D eigenvalue weighted by atomic mass is 10.1. The van der Waals surface area contributed by atoms with E-state index in [0.29, 0.717) is 18.5 Å². The molecule has 0 aliphatic heterocycles. The fourth-order valence-corrected chi connectivity index (χ4v) is 1.74. The summed E-state index contributed by atoms with van der Waals surface area (Å²) in [5, 5.41) is 3.27. The molecule has 0 bridgehead atoms. The highest BCUT2D eigenvalue weighted by molar-refractivity contribution is 5.78. The van der Waals surface area contributed by atoms with Gasteiger partial charge in [-0.3, -0.25) is 0 Å². The van der Waals surface area contributed by atoms with Gasteiger partial charge < -0.3 is 11.1 Å². The van der Waals surface area contributed by atoms with Gasteiger partial charge in [0.2, 0.25) is 0 Å². The van der Waals surface area contributed by atoms with Crippen LogP contribution >= 0.6 is 0 Å². The summed E-state index contributed by atoms with van der Waals surface area (Å²) in [6.07, 6.45) is 3.38. The summed E-state index contributed by atoms with van der Waals surface area (Å²) in [5.41, 5.74) is 7.05. The third-order valence-electron chi connectivity index (χ3n) is 2.76. The Morgan fingerprint density at radius 2 is 2.00 bits per heavy atom. The first-order valence-electron chi connectivity index (χ1n) is 6.36. The Bertz CT molecular complexity index is 333. The van der Waals surface area contributed by atoms with Crippen molar-refractivity contribution in [3.8, 4) is 0 Å². The molecule has 0 radical (unpaired) electrons. The molecule has 0 aromatic heterocycles. The molecule has 0 amide bonds. The molecule has 94 valence electrons. The van der Waals surface area contributed by atoms with E-state index in [4.69, 9.17) is 5.73 Å². The van der Waals surface area contributed by atoms with E-state index in [0.717, 1.165) is 19.3 Å². The maximum atomic E-state index is 5.87. The molecule has 0 saturated carbocycles. The number of benzene rings is 1. The van der Waals surface area contributed by atoms with Crippen LogP contribution in [0.4, 0.5) is 0 Å². The van der Waals surface area contributed by atoms with Crippen LogP contribution in [-0.4, -0.2) is 12.0 Å². The van der Waals surface area contributed by atoms with Crippen molar-refractivity contribution in [3.63, 3.8) is 0 Å². The third kappa shape index (κ3) is 5.38. The van der Waals surface area contributed by atoms with Gasteiger partial charge in [-0.1, -0.05) is 50.6 Å². The van der Waals surface area contributed by atoms with Crippen LogP contribution in [0.1, 0.15) is 38.7 Å². The number of guanidine groups is 1. The van der Waals surface area contributed by atoms with Crippen molar-refractivity contribution in [3.05, 3.63) is 35.9 Å². The van der Waals surface area contributed by atoms with E-state index >= 15 is 0 Å². The molecule has 17 heavy (non-hydrogen) atoms. The van der Waals surface area contributed by atoms with Gasteiger partial charge in [-0.25, -0.2) is 4.99 Å². The molecule has 0 saturated heterocycles. The number of hydrogen-bond donors (Lipinski definition) is 2. The van der Waals surface area contributed by atoms with Gasteiger partial charge in [-0.05, 0) is 18.4 Å². The van der Waals surface area contributed by atoms with E-state index in [1.165, 1.54) is 5.56 Å². The second kappa shape index (κ2) is 7.71. The van der Waals surface area contributed by atoms with E-state index in [2.05, 4.69) is 36.3 Å². The van der Waals surface area contributed by atoms with E-state index in [-0.39, 0.29) is 0 Å². The number of nitrogens with zero attached hydrogens (tertiary/aromatic N) is 1. The Kier molecular flexibility index (Phi) is 6.15. The van der Waals surface area contributed by atoms with Gasteiger partial charge in [0, 0.05) is 6.04 Å². The number of hydrogen-bond acceptors (Lipinski definition) is 1. The topological polar surface area (TPSA) is 50.4 Å². The number of rotatable bonds is 6. The molecular formula is C14H23N3. The van der Waals surface area contributed by atoms with Gasteiger partial charge in [0.15, 0.2) is 5.96 Å². The molecular weight excluding hydrogens is 210 g/mol. The summed E-state index contributed by atoms with van der Waals surface area (Å²) >= 11 is 0. The van der Waals surface area contributed by atoms with Gasteiger partial charge in [-0.15, -0.1) is 0 Å². The predicted molar refractivity (Wildman–Crippen MR) is 73.9 cm³/mol. The molecule has 1 rings (SSSR count). The summed E-state index contributed by atoms with van der Waals surface area (Å²) < 4.78 is 0. The Balaban J connectivity index is 2.43. The average Bonchev–Trinajstić information content (AvgIpc) is 2.37. The van der Waals surface area contributed by atoms with Crippen molar-refractivity contribution in [2.24, 2.45) is 10.7 Å². The average molecular weight is 233 g/mol. The minimum Gasteiger partial charge on any atom is -0.370 e. The molecule has 3 heteroatoms. The van der Waals surface area contributed by atoms with Crippen LogP contribution in [0.15, 0.2) is 35.3 Å². The molecule has 3 nitrogen and oxygen atoms in total. The predicted octanol–water partition coefficient (Wildman–Crippen LogP) is 2.67. The van der Waals surface area contributed by atoms with Gasteiger partial charge in [0.1, 0.15) is 0 Å². The number of nitrogens with two attached hydrogens (primary N) is 1. The molecule has 0 heterocycles. The second-order valence-electron chi connectivity index (χ2n) is 4.23. The lowest BCUT2D eigenvalue weighted by molar-refractivity contribution is 0.534. The van der Waals surface area contributed by atoms with Crippen LogP contribution in [0.5, 0.6) is 0 Å². The smallest absolute Gasteiger partial charge is 0.189 e. The van der Waals surface area contributed by atoms with E-state index in [1.54, 1.807) is 0 Å². The summed E-state index contributed by atoms with van der Waals surface area (Å²) in [4.78, 5) is 4.35. The summed E-state index contributed by atoms with van der Waals surface area (Å²) in [7, 11) is 0. The van der Waals surface area contributed by atoms with Crippen LogP contribution in [0.2, 0.25) is 0 Å². The molecule has 0 aliphatic rings. The zero-order valence-corrected chi connectivity index (χ0v) is 10.8. The van der Waals surface area contributed by atoms with E-state index in [1.807, 2.05) is 18.2 Å². The first kappa shape index (κ1) is 13.6. The zero-order valence-electron chi connectivity index (χ0n) is 10.8. The van der Waals surface area contributed by atoms with Gasteiger partial charge in [-0.2, -0.15) is 0 Å². The molecule has 1 aromatic carbocycles. The maximum Gasteiger partial charge on any atom is 0.189 e. The van der Waals surface area contributed by atoms with Gasteiger partial charge in [0.05, 0.1) is 6.54 Å². The van der Waals surface area contributed by atoms with Crippen molar-refractivity contribution in [1.29, 1.82) is 0 Å². The van der Waals surface area contributed by atoms with Crippen LogP contribution in [0.3, 0.4) is 0 Å². The summed E-state index contributed by atoms with van der Waals surface area (Å²) in [6.45, 7) is 4.99. The highest BCUT2D eigenvalue weighted by Gasteiger charge is 2.04. The van der Waals surface area contributed by atoms with Gasteiger partial charge >= 0.3 is 0 Å². The van der Waals surface area contributed by atoms with Crippen molar-refractivity contribution >= 4 is 5.96 Å². The highest BCUT2D eigenvalue weighted by Crippen LogP contribution is 2.02. The minimum absolute atomic E-state index is 0.444. The Hall–Kier alpha value is -1.51. The molecule has 3 N–H and O–H groups in total. The molecule has 1 atom stereocenters. The Morgan fingerprint density at radius 1 is 1.29 bits per heavy atom. The Labute approximate surface area is 104 Å². The van der Waals surface area contributed by atoms with Gasteiger partial charge in [0.25, 0.3) is 0 Å². The third-order valence-corrected chi connectivity index (χ3v) is 2.76. The summed E-state index contributed by atoms with van der Waals surface area (Å²) in [6, 6.07) is 10.6.